The van der Waals surface area contributed by atoms with Crippen molar-refractivity contribution in [2.75, 3.05) is 6.54 Å². The van der Waals surface area contributed by atoms with Gasteiger partial charge in [-0.25, -0.2) is 9.50 Å². The zero-order valence-electron chi connectivity index (χ0n) is 14.1. The van der Waals surface area contributed by atoms with E-state index in [0.717, 1.165) is 35.3 Å². The molecule has 0 aliphatic carbocycles. The Bertz CT molecular complexity index is 853. The van der Waals surface area contributed by atoms with Crippen LogP contribution in [0.2, 0.25) is 0 Å². The van der Waals surface area contributed by atoms with Crippen LogP contribution in [-0.4, -0.2) is 27.0 Å². The first-order chi connectivity index (χ1) is 11.6. The van der Waals surface area contributed by atoms with Crippen molar-refractivity contribution in [3.63, 3.8) is 0 Å². The normalized spacial score (nSPS) is 10.9. The Labute approximate surface area is 141 Å². The highest BCUT2D eigenvalue weighted by Crippen LogP contribution is 2.07. The third kappa shape index (κ3) is 4.19. The Morgan fingerprint density at radius 3 is 2.92 bits per heavy atom. The van der Waals surface area contributed by atoms with E-state index in [1.165, 1.54) is 5.56 Å². The number of fused-ring (bicyclic) bond motifs is 1. The number of carbonyl (C=O) groups excluding carboxylic acids is 1. The molecule has 2 heterocycles. The molecular weight excluding hydrogens is 300 g/mol. The minimum atomic E-state index is 0.0666. The summed E-state index contributed by atoms with van der Waals surface area (Å²) in [6.45, 7) is 4.66. The van der Waals surface area contributed by atoms with Crippen LogP contribution in [0, 0.1) is 13.8 Å². The number of hydrogen-bond donors (Lipinski definition) is 1. The molecule has 24 heavy (non-hydrogen) atoms. The standard InChI is InChI=1S/C19H22N4O/c1-14-5-3-6-16(9-14)11-19(24)20-8-4-7-17-12-21-18-10-15(2)22-23(18)13-17/h3,5-6,9-10,12-13H,4,7-8,11H2,1-2H3,(H,20,24). The predicted molar refractivity (Wildman–Crippen MR) is 93.9 cm³/mol. The average molecular weight is 322 g/mol. The van der Waals surface area contributed by atoms with Crippen LogP contribution in [0.15, 0.2) is 42.7 Å². The maximum absolute atomic E-state index is 12.0. The fraction of sp³-hybridized carbons (Fsp3) is 0.316. The number of nitrogens with zero attached hydrogens (tertiary/aromatic N) is 3. The molecule has 0 aliphatic rings. The van der Waals surface area contributed by atoms with Crippen LogP contribution in [0.4, 0.5) is 0 Å². The van der Waals surface area contributed by atoms with E-state index in [2.05, 4.69) is 15.4 Å². The fourth-order valence-electron chi connectivity index (χ4n) is 2.75. The number of amides is 1. The van der Waals surface area contributed by atoms with Gasteiger partial charge in [-0.05, 0) is 37.8 Å². The van der Waals surface area contributed by atoms with E-state index < -0.39 is 0 Å². The van der Waals surface area contributed by atoms with Crippen LogP contribution >= 0.6 is 0 Å². The first-order valence-electron chi connectivity index (χ1n) is 8.23. The maximum atomic E-state index is 12.0. The van der Waals surface area contributed by atoms with Gasteiger partial charge in [0.25, 0.3) is 0 Å². The van der Waals surface area contributed by atoms with E-state index >= 15 is 0 Å². The summed E-state index contributed by atoms with van der Waals surface area (Å²) >= 11 is 0. The summed E-state index contributed by atoms with van der Waals surface area (Å²) < 4.78 is 1.81. The lowest BCUT2D eigenvalue weighted by Gasteiger charge is -2.06. The zero-order valence-corrected chi connectivity index (χ0v) is 14.1. The summed E-state index contributed by atoms with van der Waals surface area (Å²) in [6.07, 6.45) is 6.07. The topological polar surface area (TPSA) is 59.3 Å². The molecule has 0 spiro atoms. The molecule has 1 N–H and O–H groups in total. The second kappa shape index (κ2) is 7.25. The number of hydrogen-bond acceptors (Lipinski definition) is 3. The summed E-state index contributed by atoms with van der Waals surface area (Å²) in [6, 6.07) is 10.0. The van der Waals surface area contributed by atoms with Crippen molar-refractivity contribution in [2.24, 2.45) is 0 Å². The Balaban J connectivity index is 1.44. The quantitative estimate of drug-likeness (QED) is 0.710. The van der Waals surface area contributed by atoms with Crippen LogP contribution in [-0.2, 0) is 17.6 Å². The molecule has 0 aliphatic heterocycles. The minimum Gasteiger partial charge on any atom is -0.356 e. The second-order valence-corrected chi connectivity index (χ2v) is 6.17. The molecule has 0 atom stereocenters. The first-order valence-corrected chi connectivity index (χ1v) is 8.23. The van der Waals surface area contributed by atoms with Crippen LogP contribution in [0.1, 0.15) is 28.8 Å². The summed E-state index contributed by atoms with van der Waals surface area (Å²) in [5.41, 5.74) is 5.18. The lowest BCUT2D eigenvalue weighted by Crippen LogP contribution is -2.26. The van der Waals surface area contributed by atoms with Crippen molar-refractivity contribution in [2.45, 2.75) is 33.1 Å². The van der Waals surface area contributed by atoms with Crippen molar-refractivity contribution in [1.82, 2.24) is 19.9 Å². The van der Waals surface area contributed by atoms with Crippen molar-refractivity contribution in [1.29, 1.82) is 0 Å². The molecular formula is C19H22N4O. The molecule has 0 fully saturated rings. The summed E-state index contributed by atoms with van der Waals surface area (Å²) in [5, 5.41) is 7.35. The molecule has 3 aromatic rings. The van der Waals surface area contributed by atoms with Crippen LogP contribution < -0.4 is 5.32 Å². The van der Waals surface area contributed by atoms with Crippen molar-refractivity contribution >= 4 is 11.6 Å². The number of aromatic nitrogens is 3. The van der Waals surface area contributed by atoms with E-state index in [1.807, 2.05) is 56.6 Å². The molecule has 5 heteroatoms. The molecule has 1 aromatic carbocycles. The molecule has 2 aromatic heterocycles. The third-order valence-electron chi connectivity index (χ3n) is 3.90. The van der Waals surface area contributed by atoms with Gasteiger partial charge in [0, 0.05) is 25.0 Å². The second-order valence-electron chi connectivity index (χ2n) is 6.17. The molecule has 124 valence electrons. The largest absolute Gasteiger partial charge is 0.356 e. The number of aryl methyl sites for hydroxylation is 3. The van der Waals surface area contributed by atoms with Gasteiger partial charge in [0.2, 0.25) is 5.91 Å². The third-order valence-corrected chi connectivity index (χ3v) is 3.90. The molecule has 3 rings (SSSR count). The lowest BCUT2D eigenvalue weighted by molar-refractivity contribution is -0.120. The van der Waals surface area contributed by atoms with Gasteiger partial charge in [-0.15, -0.1) is 0 Å². The first kappa shape index (κ1) is 16.2. The van der Waals surface area contributed by atoms with Gasteiger partial charge in [-0.2, -0.15) is 5.10 Å². The van der Waals surface area contributed by atoms with E-state index in [-0.39, 0.29) is 5.91 Å². The van der Waals surface area contributed by atoms with E-state index in [1.54, 1.807) is 4.52 Å². The van der Waals surface area contributed by atoms with E-state index in [0.29, 0.717) is 13.0 Å². The Hall–Kier alpha value is -2.69. The predicted octanol–water partition coefficient (Wildman–Crippen LogP) is 2.64. The Morgan fingerprint density at radius 2 is 2.08 bits per heavy atom. The van der Waals surface area contributed by atoms with Crippen LogP contribution in [0.5, 0.6) is 0 Å². The van der Waals surface area contributed by atoms with Crippen LogP contribution in [0.25, 0.3) is 5.65 Å². The van der Waals surface area contributed by atoms with Gasteiger partial charge in [0.1, 0.15) is 0 Å². The lowest BCUT2D eigenvalue weighted by atomic mass is 10.1. The summed E-state index contributed by atoms with van der Waals surface area (Å²) in [4.78, 5) is 16.4. The molecule has 1 amide bonds. The smallest absolute Gasteiger partial charge is 0.224 e. The van der Waals surface area contributed by atoms with Gasteiger partial charge in [0.05, 0.1) is 12.1 Å². The highest BCUT2D eigenvalue weighted by Gasteiger charge is 2.04. The van der Waals surface area contributed by atoms with Crippen molar-refractivity contribution in [3.05, 3.63) is 65.1 Å². The maximum Gasteiger partial charge on any atom is 0.224 e. The van der Waals surface area contributed by atoms with Gasteiger partial charge >= 0.3 is 0 Å². The number of benzene rings is 1. The molecule has 0 radical (unpaired) electrons. The number of rotatable bonds is 6. The summed E-state index contributed by atoms with van der Waals surface area (Å²) in [5.74, 6) is 0.0666. The highest BCUT2D eigenvalue weighted by molar-refractivity contribution is 5.78. The SMILES string of the molecule is Cc1cccc(CC(=O)NCCCc2cnc3cc(C)nn3c2)c1. The summed E-state index contributed by atoms with van der Waals surface area (Å²) in [7, 11) is 0. The van der Waals surface area contributed by atoms with Gasteiger partial charge in [0.15, 0.2) is 5.65 Å². The average Bonchev–Trinajstić information content (AvgIpc) is 2.91. The minimum absolute atomic E-state index is 0.0666. The molecule has 0 bridgehead atoms. The zero-order chi connectivity index (χ0) is 16.9. The Morgan fingerprint density at radius 1 is 1.21 bits per heavy atom. The van der Waals surface area contributed by atoms with Crippen molar-refractivity contribution < 1.29 is 4.79 Å². The molecule has 0 unspecified atom stereocenters. The monoisotopic (exact) mass is 322 g/mol. The fourth-order valence-corrected chi connectivity index (χ4v) is 2.75. The molecule has 0 saturated heterocycles. The van der Waals surface area contributed by atoms with Gasteiger partial charge in [-0.1, -0.05) is 29.8 Å². The van der Waals surface area contributed by atoms with Gasteiger partial charge < -0.3 is 5.32 Å². The van der Waals surface area contributed by atoms with E-state index in [4.69, 9.17) is 0 Å². The van der Waals surface area contributed by atoms with Crippen LogP contribution in [0.3, 0.4) is 0 Å². The highest BCUT2D eigenvalue weighted by atomic mass is 16.1. The number of carbonyl (C=O) groups is 1. The van der Waals surface area contributed by atoms with Gasteiger partial charge in [-0.3, -0.25) is 4.79 Å². The molecule has 5 nitrogen and oxygen atoms in total. The molecule has 0 saturated carbocycles. The van der Waals surface area contributed by atoms with E-state index in [9.17, 15) is 4.79 Å². The van der Waals surface area contributed by atoms with Crippen molar-refractivity contribution in [3.8, 4) is 0 Å². The Kier molecular flexibility index (Phi) is 4.89. The number of nitrogens with one attached hydrogen (secondary N) is 1.